The summed E-state index contributed by atoms with van der Waals surface area (Å²) >= 11 is 0. The molecular formula is C12H14N2O2. The molecule has 4 nitrogen and oxygen atoms in total. The molecule has 1 aromatic heterocycles. The highest BCUT2D eigenvalue weighted by molar-refractivity contribution is 5.67. The van der Waals surface area contributed by atoms with Crippen molar-refractivity contribution in [3.05, 3.63) is 42.2 Å². The van der Waals surface area contributed by atoms with Crippen LogP contribution in [-0.4, -0.2) is 22.9 Å². The van der Waals surface area contributed by atoms with Crippen LogP contribution < -0.4 is 0 Å². The minimum absolute atomic E-state index is 0.527. The Morgan fingerprint density at radius 2 is 2.44 bits per heavy atom. The predicted octanol–water partition coefficient (Wildman–Crippen LogP) is 1.58. The molecule has 0 radical (unpaired) electrons. The highest BCUT2D eigenvalue weighted by Crippen LogP contribution is 2.29. The van der Waals surface area contributed by atoms with Crippen molar-refractivity contribution in [2.24, 2.45) is 0 Å². The molecule has 1 atom stereocenters. The minimum Gasteiger partial charge on any atom is -0.501 e. The second kappa shape index (κ2) is 3.96. The summed E-state index contributed by atoms with van der Waals surface area (Å²) in [5, 5.41) is 0. The standard InChI is InChI=1S/C12H14N2O2/c1-10-7-14(9-13-10)12(8-15)5-3-4-11(6-12)16-2/h3-5,7-9H,6H2,1-2H3. The SMILES string of the molecule is COC1=CC=CC(C=O)(n2cnc(C)c2)C1. The first-order valence-corrected chi connectivity index (χ1v) is 5.10. The van der Waals surface area contributed by atoms with E-state index in [-0.39, 0.29) is 0 Å². The summed E-state index contributed by atoms with van der Waals surface area (Å²) in [7, 11) is 1.61. The van der Waals surface area contributed by atoms with Crippen LogP contribution >= 0.6 is 0 Å². The molecule has 0 amide bonds. The lowest BCUT2D eigenvalue weighted by molar-refractivity contribution is -0.113. The topological polar surface area (TPSA) is 44.1 Å². The van der Waals surface area contributed by atoms with Gasteiger partial charge < -0.3 is 14.1 Å². The molecule has 1 aromatic rings. The van der Waals surface area contributed by atoms with Gasteiger partial charge in [0.2, 0.25) is 0 Å². The van der Waals surface area contributed by atoms with Crippen LogP contribution in [0.2, 0.25) is 0 Å². The van der Waals surface area contributed by atoms with Gasteiger partial charge in [-0.3, -0.25) is 0 Å². The van der Waals surface area contributed by atoms with Gasteiger partial charge in [-0.2, -0.15) is 0 Å². The Bertz CT molecular complexity index is 459. The number of methoxy groups -OCH3 is 1. The molecule has 0 bridgehead atoms. The Morgan fingerprint density at radius 1 is 1.62 bits per heavy atom. The number of rotatable bonds is 3. The maximum absolute atomic E-state index is 11.4. The molecule has 16 heavy (non-hydrogen) atoms. The van der Waals surface area contributed by atoms with E-state index in [0.29, 0.717) is 6.42 Å². The molecule has 4 heteroatoms. The highest BCUT2D eigenvalue weighted by atomic mass is 16.5. The molecule has 1 aliphatic carbocycles. The fourth-order valence-electron chi connectivity index (χ4n) is 1.83. The number of carbonyl (C=O) groups is 1. The zero-order chi connectivity index (χ0) is 11.6. The number of aldehydes is 1. The third-order valence-corrected chi connectivity index (χ3v) is 2.78. The van der Waals surface area contributed by atoms with Gasteiger partial charge in [-0.05, 0) is 13.0 Å². The number of hydrogen-bond acceptors (Lipinski definition) is 3. The summed E-state index contributed by atoms with van der Waals surface area (Å²) in [5.74, 6) is 0.793. The molecule has 1 heterocycles. The van der Waals surface area contributed by atoms with E-state index in [0.717, 1.165) is 17.7 Å². The van der Waals surface area contributed by atoms with E-state index in [1.54, 1.807) is 13.4 Å². The van der Waals surface area contributed by atoms with E-state index < -0.39 is 5.54 Å². The molecule has 0 aliphatic heterocycles. The predicted molar refractivity (Wildman–Crippen MR) is 59.9 cm³/mol. The largest absolute Gasteiger partial charge is 0.501 e. The first-order valence-electron chi connectivity index (χ1n) is 5.10. The third-order valence-electron chi connectivity index (χ3n) is 2.78. The van der Waals surface area contributed by atoms with E-state index in [2.05, 4.69) is 4.98 Å². The van der Waals surface area contributed by atoms with E-state index in [4.69, 9.17) is 4.74 Å². The fraction of sp³-hybridized carbons (Fsp3) is 0.333. The molecule has 84 valence electrons. The van der Waals surface area contributed by atoms with Gasteiger partial charge in [-0.25, -0.2) is 4.98 Å². The van der Waals surface area contributed by atoms with Crippen molar-refractivity contribution in [2.75, 3.05) is 7.11 Å². The molecule has 0 fully saturated rings. The maximum atomic E-state index is 11.4. The Kier molecular flexibility index (Phi) is 2.64. The summed E-state index contributed by atoms with van der Waals surface area (Å²) in [5.41, 5.74) is 0.199. The first kappa shape index (κ1) is 10.7. The quantitative estimate of drug-likeness (QED) is 0.723. The van der Waals surface area contributed by atoms with Crippen LogP contribution in [0.5, 0.6) is 0 Å². The maximum Gasteiger partial charge on any atom is 0.150 e. The second-order valence-corrected chi connectivity index (χ2v) is 3.90. The monoisotopic (exact) mass is 218 g/mol. The number of ether oxygens (including phenoxy) is 1. The average Bonchev–Trinajstić information content (AvgIpc) is 2.76. The van der Waals surface area contributed by atoms with Gasteiger partial charge >= 0.3 is 0 Å². The van der Waals surface area contributed by atoms with E-state index in [1.165, 1.54) is 0 Å². The van der Waals surface area contributed by atoms with E-state index >= 15 is 0 Å². The molecule has 1 aliphatic rings. The summed E-state index contributed by atoms with van der Waals surface area (Å²) in [6.07, 6.45) is 10.6. The van der Waals surface area contributed by atoms with Gasteiger partial charge in [0, 0.05) is 12.6 Å². The molecule has 0 saturated carbocycles. The van der Waals surface area contributed by atoms with Crippen LogP contribution in [0.1, 0.15) is 12.1 Å². The van der Waals surface area contributed by atoms with E-state index in [9.17, 15) is 4.79 Å². The Balaban J connectivity index is 2.39. The van der Waals surface area contributed by atoms with Crippen LogP contribution in [0.15, 0.2) is 36.5 Å². The van der Waals surface area contributed by atoms with Gasteiger partial charge in [0.05, 0.1) is 24.9 Å². The van der Waals surface area contributed by atoms with Crippen molar-refractivity contribution in [3.63, 3.8) is 0 Å². The average molecular weight is 218 g/mol. The van der Waals surface area contributed by atoms with Crippen LogP contribution in [0.4, 0.5) is 0 Å². The van der Waals surface area contributed by atoms with Crippen molar-refractivity contribution in [1.29, 1.82) is 0 Å². The molecule has 0 aromatic carbocycles. The van der Waals surface area contributed by atoms with Crippen molar-refractivity contribution >= 4 is 6.29 Å². The van der Waals surface area contributed by atoms with Gasteiger partial charge in [0.15, 0.2) is 0 Å². The van der Waals surface area contributed by atoms with Crippen molar-refractivity contribution in [1.82, 2.24) is 9.55 Å². The normalized spacial score (nSPS) is 24.0. The smallest absolute Gasteiger partial charge is 0.150 e. The molecule has 0 saturated heterocycles. The van der Waals surface area contributed by atoms with Gasteiger partial charge in [0.25, 0.3) is 0 Å². The van der Waals surface area contributed by atoms with Crippen molar-refractivity contribution in [3.8, 4) is 0 Å². The third kappa shape index (κ3) is 1.66. The lowest BCUT2D eigenvalue weighted by Gasteiger charge is -2.28. The number of nitrogens with zero attached hydrogens (tertiary/aromatic N) is 2. The van der Waals surface area contributed by atoms with Crippen LogP contribution in [-0.2, 0) is 15.1 Å². The van der Waals surface area contributed by atoms with E-state index in [1.807, 2.05) is 35.9 Å². The number of hydrogen-bond donors (Lipinski definition) is 0. The summed E-state index contributed by atoms with van der Waals surface area (Å²) < 4.78 is 7.01. The number of aryl methyl sites for hydroxylation is 1. The van der Waals surface area contributed by atoms with Crippen LogP contribution in [0.3, 0.4) is 0 Å². The zero-order valence-electron chi connectivity index (χ0n) is 9.38. The Labute approximate surface area is 94.2 Å². The number of aromatic nitrogens is 2. The summed E-state index contributed by atoms with van der Waals surface area (Å²) in [6, 6.07) is 0. The first-order chi connectivity index (χ1) is 7.70. The molecule has 0 N–H and O–H groups in total. The Morgan fingerprint density at radius 3 is 3.00 bits per heavy atom. The molecular weight excluding hydrogens is 204 g/mol. The van der Waals surface area contributed by atoms with Gasteiger partial charge in [-0.15, -0.1) is 0 Å². The fourth-order valence-corrected chi connectivity index (χ4v) is 1.83. The highest BCUT2D eigenvalue weighted by Gasteiger charge is 2.32. The number of allylic oxidation sites excluding steroid dienone is 4. The number of imidazole rings is 1. The summed E-state index contributed by atoms with van der Waals surface area (Å²) in [4.78, 5) is 15.5. The second-order valence-electron chi connectivity index (χ2n) is 3.90. The zero-order valence-corrected chi connectivity index (χ0v) is 9.38. The minimum atomic E-state index is -0.693. The molecule has 2 rings (SSSR count). The van der Waals surface area contributed by atoms with Crippen molar-refractivity contribution in [2.45, 2.75) is 18.9 Å². The Hall–Kier alpha value is -1.84. The van der Waals surface area contributed by atoms with Gasteiger partial charge in [-0.1, -0.05) is 12.2 Å². The molecule has 1 unspecified atom stereocenters. The lowest BCUT2D eigenvalue weighted by Crippen LogP contribution is -2.34. The van der Waals surface area contributed by atoms with Crippen LogP contribution in [0, 0.1) is 6.92 Å². The lowest BCUT2D eigenvalue weighted by atomic mass is 9.91. The molecule has 0 spiro atoms. The van der Waals surface area contributed by atoms with Gasteiger partial charge in [0.1, 0.15) is 11.8 Å². The van der Waals surface area contributed by atoms with Crippen LogP contribution in [0.25, 0.3) is 0 Å². The number of carbonyl (C=O) groups excluding carboxylic acids is 1. The van der Waals surface area contributed by atoms with Crippen molar-refractivity contribution < 1.29 is 9.53 Å². The summed E-state index contributed by atoms with van der Waals surface area (Å²) in [6.45, 7) is 1.90.